The van der Waals surface area contributed by atoms with E-state index in [-0.39, 0.29) is 30.9 Å². The van der Waals surface area contributed by atoms with Gasteiger partial charge < -0.3 is 9.47 Å². The number of imide groups is 1. The van der Waals surface area contributed by atoms with E-state index in [1.165, 1.54) is 4.90 Å². The highest BCUT2D eigenvalue weighted by molar-refractivity contribution is 8.18. The summed E-state index contributed by atoms with van der Waals surface area (Å²) in [4.78, 5) is 26.7. The van der Waals surface area contributed by atoms with Crippen molar-refractivity contribution < 1.29 is 19.1 Å². The Kier molecular flexibility index (Phi) is 7.60. The molecule has 0 atom stereocenters. The molecule has 0 spiro atoms. The summed E-state index contributed by atoms with van der Waals surface area (Å²) in [7, 11) is 0. The minimum atomic E-state index is -0.350. The second-order valence-electron chi connectivity index (χ2n) is 7.06. The first-order valence-corrected chi connectivity index (χ1v) is 11.7. The van der Waals surface area contributed by atoms with Crippen molar-refractivity contribution in [1.82, 2.24) is 4.90 Å². The van der Waals surface area contributed by atoms with Gasteiger partial charge in [-0.1, -0.05) is 65.7 Å². The second kappa shape index (κ2) is 10.8. The Morgan fingerprint density at radius 2 is 1.67 bits per heavy atom. The number of halogens is 2. The number of carbonyl (C=O) groups is 2. The molecule has 1 fully saturated rings. The minimum Gasteiger partial charge on any atom is -0.492 e. The fraction of sp³-hybridized carbons (Fsp3) is 0.120. The smallest absolute Gasteiger partial charge is 0.293 e. The van der Waals surface area contributed by atoms with E-state index in [0.29, 0.717) is 32.0 Å². The first kappa shape index (κ1) is 23.2. The van der Waals surface area contributed by atoms with E-state index < -0.39 is 0 Å². The van der Waals surface area contributed by atoms with Crippen molar-refractivity contribution in [2.75, 3.05) is 13.2 Å². The van der Waals surface area contributed by atoms with Gasteiger partial charge in [0.15, 0.2) is 0 Å². The summed E-state index contributed by atoms with van der Waals surface area (Å²) in [6.45, 7) is 0.625. The van der Waals surface area contributed by atoms with Crippen LogP contribution in [0.2, 0.25) is 10.0 Å². The Bertz CT molecular complexity index is 1200. The average Bonchev–Trinajstić information content (AvgIpc) is 3.07. The van der Waals surface area contributed by atoms with Crippen LogP contribution in [0.15, 0.2) is 77.7 Å². The molecule has 1 aliphatic heterocycles. The van der Waals surface area contributed by atoms with E-state index >= 15 is 0 Å². The quantitative estimate of drug-likeness (QED) is 0.323. The highest BCUT2D eigenvalue weighted by Crippen LogP contribution is 2.34. The Hall–Kier alpha value is -2.93. The summed E-state index contributed by atoms with van der Waals surface area (Å²) < 4.78 is 11.6. The average molecular weight is 500 g/mol. The van der Waals surface area contributed by atoms with Gasteiger partial charge in [-0.25, -0.2) is 0 Å². The predicted octanol–water partition coefficient (Wildman–Crippen LogP) is 6.69. The third kappa shape index (κ3) is 5.90. The molecule has 168 valence electrons. The van der Waals surface area contributed by atoms with Crippen LogP contribution in [0.5, 0.6) is 11.5 Å². The predicted molar refractivity (Wildman–Crippen MR) is 132 cm³/mol. The highest BCUT2D eigenvalue weighted by atomic mass is 35.5. The zero-order chi connectivity index (χ0) is 23.2. The molecule has 0 aromatic heterocycles. The van der Waals surface area contributed by atoms with Crippen LogP contribution < -0.4 is 9.47 Å². The van der Waals surface area contributed by atoms with E-state index in [2.05, 4.69) is 0 Å². The van der Waals surface area contributed by atoms with E-state index in [4.69, 9.17) is 32.7 Å². The number of thioether (sulfide) groups is 1. The van der Waals surface area contributed by atoms with Crippen LogP contribution in [0.3, 0.4) is 0 Å². The molecule has 3 aromatic carbocycles. The minimum absolute atomic E-state index is 0.171. The number of ether oxygens (including phenoxy) is 2. The SMILES string of the molecule is O=C1S/C(=C\c2ccccc2OCc2ccc(Cl)cc2Cl)C(=O)N1CCOc1ccccc1. The summed E-state index contributed by atoms with van der Waals surface area (Å²) in [5.41, 5.74) is 1.48. The standard InChI is InChI=1S/C25H19Cl2NO4S/c26-19-11-10-18(21(27)15-19)16-32-22-9-5-4-6-17(22)14-23-24(29)28(25(30)33-23)12-13-31-20-7-2-1-3-8-20/h1-11,14-15H,12-13,16H2/b23-14-. The molecular formula is C25H19Cl2NO4S. The van der Waals surface area contributed by atoms with Crippen molar-refractivity contribution in [3.8, 4) is 11.5 Å². The zero-order valence-electron chi connectivity index (χ0n) is 17.4. The molecule has 0 bridgehead atoms. The maximum atomic E-state index is 12.8. The first-order valence-electron chi connectivity index (χ1n) is 10.1. The molecule has 5 nitrogen and oxygen atoms in total. The second-order valence-corrected chi connectivity index (χ2v) is 8.89. The molecule has 3 aromatic rings. The lowest BCUT2D eigenvalue weighted by Crippen LogP contribution is -2.32. The van der Waals surface area contributed by atoms with Gasteiger partial charge in [0.25, 0.3) is 11.1 Å². The largest absolute Gasteiger partial charge is 0.492 e. The van der Waals surface area contributed by atoms with Crippen molar-refractivity contribution in [1.29, 1.82) is 0 Å². The van der Waals surface area contributed by atoms with Gasteiger partial charge >= 0.3 is 0 Å². The van der Waals surface area contributed by atoms with Crippen molar-refractivity contribution in [3.63, 3.8) is 0 Å². The summed E-state index contributed by atoms with van der Waals surface area (Å²) in [5, 5.41) is 0.738. The molecule has 2 amide bonds. The number of hydrogen-bond donors (Lipinski definition) is 0. The number of para-hydroxylation sites is 2. The first-order chi connectivity index (χ1) is 16.0. The lowest BCUT2D eigenvalue weighted by Gasteiger charge is -2.13. The molecule has 1 heterocycles. The number of carbonyl (C=O) groups excluding carboxylic acids is 2. The van der Waals surface area contributed by atoms with Crippen LogP contribution >= 0.6 is 35.0 Å². The van der Waals surface area contributed by atoms with Crippen molar-refractivity contribution in [2.45, 2.75) is 6.61 Å². The van der Waals surface area contributed by atoms with Crippen LogP contribution in [0.1, 0.15) is 11.1 Å². The third-order valence-corrected chi connectivity index (χ3v) is 6.30. The molecule has 0 aliphatic carbocycles. The maximum Gasteiger partial charge on any atom is 0.293 e. The fourth-order valence-corrected chi connectivity index (χ4v) is 4.45. The van der Waals surface area contributed by atoms with Crippen LogP contribution in [0.4, 0.5) is 4.79 Å². The number of benzene rings is 3. The van der Waals surface area contributed by atoms with Gasteiger partial charge in [-0.05, 0) is 48.2 Å². The van der Waals surface area contributed by atoms with Gasteiger partial charge in [0, 0.05) is 21.2 Å². The number of hydrogen-bond acceptors (Lipinski definition) is 5. The van der Waals surface area contributed by atoms with Gasteiger partial charge in [-0.15, -0.1) is 0 Å². The summed E-state index contributed by atoms with van der Waals surface area (Å²) in [5.74, 6) is 0.909. The van der Waals surface area contributed by atoms with E-state index in [9.17, 15) is 9.59 Å². The molecule has 0 saturated carbocycles. The molecule has 33 heavy (non-hydrogen) atoms. The molecule has 0 N–H and O–H groups in total. The Morgan fingerprint density at radius 3 is 2.45 bits per heavy atom. The van der Waals surface area contributed by atoms with Crippen LogP contribution in [0, 0.1) is 0 Å². The van der Waals surface area contributed by atoms with E-state index in [0.717, 1.165) is 17.3 Å². The maximum absolute atomic E-state index is 12.8. The molecule has 0 unspecified atom stereocenters. The van der Waals surface area contributed by atoms with Crippen LogP contribution in [0.25, 0.3) is 6.08 Å². The lowest BCUT2D eigenvalue weighted by atomic mass is 10.1. The number of nitrogens with zero attached hydrogens (tertiary/aromatic N) is 1. The molecule has 1 saturated heterocycles. The van der Waals surface area contributed by atoms with Gasteiger partial charge in [-0.3, -0.25) is 14.5 Å². The fourth-order valence-electron chi connectivity index (χ4n) is 3.13. The Morgan fingerprint density at radius 1 is 0.909 bits per heavy atom. The molecule has 4 rings (SSSR count). The molecular weight excluding hydrogens is 481 g/mol. The normalized spacial score (nSPS) is 14.7. The monoisotopic (exact) mass is 499 g/mol. The summed E-state index contributed by atoms with van der Waals surface area (Å²) in [6, 6.07) is 21.8. The van der Waals surface area contributed by atoms with E-state index in [1.54, 1.807) is 30.3 Å². The van der Waals surface area contributed by atoms with Crippen molar-refractivity contribution >= 4 is 52.2 Å². The molecule has 8 heteroatoms. The molecule has 1 aliphatic rings. The lowest BCUT2D eigenvalue weighted by molar-refractivity contribution is -0.123. The van der Waals surface area contributed by atoms with Crippen molar-refractivity contribution in [3.05, 3.63) is 98.9 Å². The topological polar surface area (TPSA) is 55.8 Å². The number of amides is 2. The Labute approximate surface area is 205 Å². The molecule has 0 radical (unpaired) electrons. The van der Waals surface area contributed by atoms with Gasteiger partial charge in [0.1, 0.15) is 24.7 Å². The van der Waals surface area contributed by atoms with Crippen molar-refractivity contribution in [2.24, 2.45) is 0 Å². The van der Waals surface area contributed by atoms with Gasteiger partial charge in [-0.2, -0.15) is 0 Å². The van der Waals surface area contributed by atoms with E-state index in [1.807, 2.05) is 48.5 Å². The van der Waals surface area contributed by atoms with Crippen LogP contribution in [-0.4, -0.2) is 29.2 Å². The summed E-state index contributed by atoms with van der Waals surface area (Å²) >= 11 is 13.1. The highest BCUT2D eigenvalue weighted by Gasteiger charge is 2.35. The zero-order valence-corrected chi connectivity index (χ0v) is 19.7. The van der Waals surface area contributed by atoms with Gasteiger partial charge in [0.2, 0.25) is 0 Å². The summed E-state index contributed by atoms with van der Waals surface area (Å²) in [6.07, 6.45) is 1.67. The third-order valence-electron chi connectivity index (χ3n) is 4.80. The number of rotatable bonds is 8. The van der Waals surface area contributed by atoms with Gasteiger partial charge in [0.05, 0.1) is 11.4 Å². The Balaban J connectivity index is 1.43. The van der Waals surface area contributed by atoms with Crippen LogP contribution in [-0.2, 0) is 11.4 Å².